The Morgan fingerprint density at radius 1 is 0.677 bits per heavy atom. The molecule has 0 bridgehead atoms. The first-order valence-electron chi connectivity index (χ1n) is 25.0. The second-order valence-corrected chi connectivity index (χ2v) is 40.9. The number of aliphatic hydroxyl groups excluding tert-OH is 1. The molecule has 7 nitrogen and oxygen atoms in total. The molecule has 0 heterocycles. The lowest BCUT2D eigenvalue weighted by Crippen LogP contribution is -2.48. The molecule has 62 heavy (non-hydrogen) atoms. The molecule has 0 aliphatic heterocycles. The van der Waals surface area contributed by atoms with E-state index in [0.717, 1.165) is 53.8 Å². The molecule has 0 saturated carbocycles. The van der Waals surface area contributed by atoms with E-state index in [1.54, 1.807) is 0 Å². The number of carbonyl (C=O) groups excluding carboxylic acids is 1. The van der Waals surface area contributed by atoms with Gasteiger partial charge in [0.25, 0.3) is 0 Å². The Morgan fingerprint density at radius 3 is 1.60 bits per heavy atom. The van der Waals surface area contributed by atoms with Gasteiger partial charge in [-0.2, -0.15) is 0 Å². The highest BCUT2D eigenvalue weighted by Crippen LogP contribution is 2.43. The van der Waals surface area contributed by atoms with Crippen LogP contribution in [0.25, 0.3) is 0 Å². The van der Waals surface area contributed by atoms with Crippen LogP contribution in [0, 0.1) is 5.92 Å². The van der Waals surface area contributed by atoms with Crippen LogP contribution in [-0.2, 0) is 33.8 Å². The van der Waals surface area contributed by atoms with Gasteiger partial charge in [-0.25, -0.2) is 0 Å². The number of benzene rings is 1. The van der Waals surface area contributed by atoms with Gasteiger partial charge in [0.05, 0.1) is 24.9 Å². The van der Waals surface area contributed by atoms with Crippen molar-refractivity contribution in [1.82, 2.24) is 0 Å². The molecule has 11 heteroatoms. The van der Waals surface area contributed by atoms with E-state index < -0.39 is 39.4 Å². The minimum Gasteiger partial charge on any atom is -0.415 e. The van der Waals surface area contributed by atoms with Crippen molar-refractivity contribution in [1.29, 1.82) is 0 Å². The van der Waals surface area contributed by atoms with Crippen LogP contribution in [0.2, 0.25) is 71.0 Å². The first-order chi connectivity index (χ1) is 28.8. The zero-order valence-corrected chi connectivity index (χ0v) is 47.7. The van der Waals surface area contributed by atoms with Gasteiger partial charge >= 0.3 is 0 Å². The number of Topliss-reactive ketones (excluding diaryl/α,β-unsaturated/α-hetero) is 1. The van der Waals surface area contributed by atoms with Crippen LogP contribution in [0.1, 0.15) is 155 Å². The number of ether oxygens (including phenoxy) is 1. The van der Waals surface area contributed by atoms with E-state index in [1.165, 1.54) is 0 Å². The molecule has 0 unspecified atom stereocenters. The van der Waals surface area contributed by atoms with Crippen LogP contribution in [0.4, 0.5) is 0 Å². The summed E-state index contributed by atoms with van der Waals surface area (Å²) in [7, 11) is -8.31. The molecule has 0 aromatic heterocycles. The van der Waals surface area contributed by atoms with Crippen molar-refractivity contribution >= 4 is 39.1 Å². The molecule has 0 aliphatic carbocycles. The molecule has 0 fully saturated rings. The summed E-state index contributed by atoms with van der Waals surface area (Å²) >= 11 is 0. The Balaban J connectivity index is 3.36. The van der Waals surface area contributed by atoms with Gasteiger partial charge in [0, 0.05) is 32.2 Å². The van der Waals surface area contributed by atoms with E-state index in [0.29, 0.717) is 55.7 Å². The average molecular weight is 938 g/mol. The van der Waals surface area contributed by atoms with Crippen LogP contribution >= 0.6 is 0 Å². The summed E-state index contributed by atoms with van der Waals surface area (Å²) in [6.45, 7) is 47.4. The van der Waals surface area contributed by atoms with Crippen LogP contribution in [0.15, 0.2) is 42.5 Å². The van der Waals surface area contributed by atoms with E-state index in [-0.39, 0.29) is 47.9 Å². The SMILES string of the molecule is C=C(C[C@@H](C[C@H](O)CC(=O)C[C@H](C[C@H](CCOCc1ccccc1)O[Si](CC)(CC)CC)O[Si](C)(C)C(C)(C)C)O[Si](CC)(CC)CC)[C@@H](C)CO[Si](C(C)C)(C(C)C)C(C)C. The van der Waals surface area contributed by atoms with Gasteiger partial charge in [-0.05, 0) is 108 Å². The summed E-state index contributed by atoms with van der Waals surface area (Å²) in [4.78, 5) is 14.2. The Kier molecular flexibility index (Phi) is 26.6. The predicted octanol–water partition coefficient (Wildman–Crippen LogP) is 15.0. The van der Waals surface area contributed by atoms with Crippen molar-refractivity contribution in [3.05, 3.63) is 48.0 Å². The van der Waals surface area contributed by atoms with Crippen LogP contribution in [0.3, 0.4) is 0 Å². The van der Waals surface area contributed by atoms with Gasteiger partial charge in [-0.15, -0.1) is 0 Å². The fraction of sp³-hybridized carbons (Fsp3) is 0.824. The van der Waals surface area contributed by atoms with Crippen molar-refractivity contribution in [2.45, 2.75) is 251 Å². The normalized spacial score (nSPS) is 15.9. The fourth-order valence-electron chi connectivity index (χ4n) is 9.51. The number of hydrogen-bond acceptors (Lipinski definition) is 7. The molecule has 1 rings (SSSR count). The van der Waals surface area contributed by atoms with Gasteiger partial charge in [-0.1, -0.05) is 153 Å². The van der Waals surface area contributed by atoms with E-state index >= 15 is 0 Å². The summed E-state index contributed by atoms with van der Waals surface area (Å²) in [6, 6.07) is 16.5. The Bertz CT molecular complexity index is 1350. The van der Waals surface area contributed by atoms with Gasteiger partial charge in [0.1, 0.15) is 5.78 Å². The number of carbonyl (C=O) groups is 1. The number of ketones is 1. The molecule has 1 aromatic rings. The molecular formula is C51H100O7Si4. The largest absolute Gasteiger partial charge is 0.415 e. The standard InChI is InChI=1S/C51H100O7Si4/c1-20-60(21-2,22-3)57-48(31-32-54-39-45-29-27-26-28-30-45)37-50(56-59(18,19)51(15,16)17)36-47(53)34-46(52)35-49(58-61(23-4,24-5)25-6)33-43(13)44(14)38-55-62(40(7)8,41(9)10)42(11)12/h26-30,40-42,44,46,48-50,52H,13,20-25,31-39H2,1-12,14-19H3/t44-,46+,48-,49-,50+/m0/s1. The molecule has 0 radical (unpaired) electrons. The van der Waals surface area contributed by atoms with E-state index in [9.17, 15) is 9.90 Å². The maximum Gasteiger partial charge on any atom is 0.200 e. The van der Waals surface area contributed by atoms with Gasteiger partial charge < -0.3 is 27.5 Å². The topological polar surface area (TPSA) is 83.5 Å². The van der Waals surface area contributed by atoms with E-state index in [1.807, 2.05) is 18.2 Å². The Hall–Kier alpha value is -0.742. The van der Waals surface area contributed by atoms with Gasteiger partial charge in [-0.3, -0.25) is 4.79 Å². The summed E-state index contributed by atoms with van der Waals surface area (Å²) in [6.07, 6.45) is 1.37. The minimum atomic E-state index is -2.26. The summed E-state index contributed by atoms with van der Waals surface area (Å²) in [5, 5.41) is 11.8. The third kappa shape index (κ3) is 18.5. The lowest BCUT2D eigenvalue weighted by atomic mass is 9.94. The fourth-order valence-corrected chi connectivity index (χ4v) is 22.2. The Labute approximate surface area is 388 Å². The van der Waals surface area contributed by atoms with Gasteiger partial charge in [0.2, 0.25) is 0 Å². The number of hydrogen-bond donors (Lipinski definition) is 1. The molecule has 0 amide bonds. The number of rotatable bonds is 34. The van der Waals surface area contributed by atoms with Crippen molar-refractivity contribution in [2.75, 3.05) is 13.2 Å². The molecule has 0 spiro atoms. The molecular weight excluding hydrogens is 837 g/mol. The average Bonchev–Trinajstić information content (AvgIpc) is 3.19. The van der Waals surface area contributed by atoms with E-state index in [4.69, 9.17) is 22.4 Å². The monoisotopic (exact) mass is 937 g/mol. The molecule has 0 aliphatic rings. The quantitative estimate of drug-likeness (QED) is 0.0419. The van der Waals surface area contributed by atoms with Crippen LogP contribution < -0.4 is 0 Å². The molecule has 1 N–H and O–H groups in total. The smallest absolute Gasteiger partial charge is 0.200 e. The number of aliphatic hydroxyl groups is 1. The first kappa shape index (κ1) is 59.3. The Morgan fingerprint density at radius 2 is 1.15 bits per heavy atom. The van der Waals surface area contributed by atoms with Crippen molar-refractivity contribution in [3.63, 3.8) is 0 Å². The maximum atomic E-state index is 14.2. The first-order valence-corrected chi connectivity index (χ1v) is 35.1. The molecule has 5 atom stereocenters. The molecule has 0 saturated heterocycles. The van der Waals surface area contributed by atoms with Crippen molar-refractivity contribution < 1.29 is 32.3 Å². The zero-order valence-electron chi connectivity index (χ0n) is 43.7. The predicted molar refractivity (Wildman–Crippen MR) is 276 cm³/mol. The highest BCUT2D eigenvalue weighted by atomic mass is 28.4. The molecule has 362 valence electrons. The van der Waals surface area contributed by atoms with Crippen molar-refractivity contribution in [3.8, 4) is 0 Å². The molecule has 1 aromatic carbocycles. The highest BCUT2D eigenvalue weighted by molar-refractivity contribution is 6.77. The highest BCUT2D eigenvalue weighted by Gasteiger charge is 2.46. The summed E-state index contributed by atoms with van der Waals surface area (Å²) in [5.41, 5.74) is 3.80. The minimum absolute atomic E-state index is 0.0247. The zero-order chi connectivity index (χ0) is 47.5. The van der Waals surface area contributed by atoms with Crippen molar-refractivity contribution in [2.24, 2.45) is 5.92 Å². The van der Waals surface area contributed by atoms with Crippen LogP contribution in [0.5, 0.6) is 0 Å². The van der Waals surface area contributed by atoms with E-state index in [2.05, 4.69) is 143 Å². The second kappa shape index (κ2) is 27.8. The van der Waals surface area contributed by atoms with Gasteiger partial charge in [0.15, 0.2) is 33.3 Å². The summed E-state index contributed by atoms with van der Waals surface area (Å²) < 4.78 is 34.7. The lowest BCUT2D eigenvalue weighted by Gasteiger charge is -2.43. The van der Waals surface area contributed by atoms with Crippen LogP contribution in [-0.4, -0.2) is 81.8 Å². The third-order valence-corrected chi connectivity index (χ3v) is 35.1. The maximum absolute atomic E-state index is 14.2. The third-order valence-electron chi connectivity index (χ3n) is 15.1. The summed E-state index contributed by atoms with van der Waals surface area (Å²) in [5.74, 6) is 0.193. The lowest BCUT2D eigenvalue weighted by molar-refractivity contribution is -0.123. The second-order valence-electron chi connectivity index (χ2n) is 21.3.